The van der Waals surface area contributed by atoms with Gasteiger partial charge in [0.05, 0.1) is 6.54 Å². The highest BCUT2D eigenvalue weighted by Gasteiger charge is 2.39. The Balaban J connectivity index is 1.73. The molecule has 1 N–H and O–H groups in total. The molecule has 6 heteroatoms. The molecule has 2 amide bonds. The molecule has 0 aromatic heterocycles. The molecule has 2 aromatic rings. The fourth-order valence-electron chi connectivity index (χ4n) is 2.17. The van der Waals surface area contributed by atoms with E-state index in [1.165, 1.54) is 4.90 Å². The highest BCUT2D eigenvalue weighted by Crippen LogP contribution is 2.30. The van der Waals surface area contributed by atoms with E-state index >= 15 is 0 Å². The predicted molar refractivity (Wildman–Crippen MR) is 96.5 cm³/mol. The molecule has 1 saturated heterocycles. The number of thioether (sulfide) groups is 1. The molecule has 112 valence electrons. The molecule has 4 nitrogen and oxygen atoms in total. The van der Waals surface area contributed by atoms with Crippen molar-refractivity contribution >= 4 is 51.2 Å². The zero-order valence-electron chi connectivity index (χ0n) is 11.5. The van der Waals surface area contributed by atoms with E-state index in [1.807, 2.05) is 54.6 Å². The number of hydrogen-bond donors (Lipinski definition) is 1. The maximum absolute atomic E-state index is 12.5. The van der Waals surface area contributed by atoms with Crippen LogP contribution in [0.1, 0.15) is 5.56 Å². The number of nitrogens with one attached hydrogen (secondary N) is 1. The molecular weight excluding hydrogens is 411 g/mol. The van der Waals surface area contributed by atoms with Gasteiger partial charge in [0, 0.05) is 9.26 Å². The number of para-hydroxylation sites is 1. The van der Waals surface area contributed by atoms with Crippen molar-refractivity contribution in [2.75, 3.05) is 5.32 Å². The largest absolute Gasteiger partial charge is 0.364 e. The second-order valence-electron chi connectivity index (χ2n) is 4.80. The van der Waals surface area contributed by atoms with Crippen molar-refractivity contribution in [3.8, 4) is 0 Å². The van der Waals surface area contributed by atoms with Crippen LogP contribution in [0.3, 0.4) is 0 Å². The highest BCUT2D eigenvalue weighted by atomic mass is 127. The molecule has 0 saturated carbocycles. The minimum absolute atomic E-state index is 0.196. The normalized spacial score (nSPS) is 17.9. The third kappa shape index (κ3) is 3.27. The first-order valence-electron chi connectivity index (χ1n) is 6.72. The molecule has 1 unspecified atom stereocenters. The number of hydrogen-bond acceptors (Lipinski definition) is 4. The summed E-state index contributed by atoms with van der Waals surface area (Å²) in [5.74, 6) is -0.196. The van der Waals surface area contributed by atoms with Crippen molar-refractivity contribution in [2.24, 2.45) is 0 Å². The third-order valence-electron chi connectivity index (χ3n) is 3.27. The molecule has 1 aliphatic heterocycles. The summed E-state index contributed by atoms with van der Waals surface area (Å²) in [4.78, 5) is 25.9. The number of carbonyl (C=O) groups is 2. The number of benzene rings is 2. The van der Waals surface area contributed by atoms with Crippen molar-refractivity contribution in [3.05, 3.63) is 63.7 Å². The topological polar surface area (TPSA) is 49.4 Å². The Kier molecular flexibility index (Phi) is 4.68. The summed E-state index contributed by atoms with van der Waals surface area (Å²) >= 11 is 3.23. The quantitative estimate of drug-likeness (QED) is 0.756. The summed E-state index contributed by atoms with van der Waals surface area (Å²) in [5.41, 5.74) is 1.81. The summed E-state index contributed by atoms with van der Waals surface area (Å²) < 4.78 is 1.02. The first kappa shape index (κ1) is 15.4. The average molecular weight is 424 g/mol. The first-order chi connectivity index (χ1) is 10.6. The Labute approximate surface area is 146 Å². The fourth-order valence-corrected chi connectivity index (χ4v) is 3.61. The van der Waals surface area contributed by atoms with E-state index in [-0.39, 0.29) is 11.1 Å². The second-order valence-corrected chi connectivity index (χ2v) is 7.02. The molecule has 1 aliphatic rings. The van der Waals surface area contributed by atoms with Crippen molar-refractivity contribution in [3.63, 3.8) is 0 Å². The summed E-state index contributed by atoms with van der Waals surface area (Å²) in [6, 6.07) is 17.2. The number of amides is 2. The van der Waals surface area contributed by atoms with Gasteiger partial charge in [-0.15, -0.1) is 0 Å². The molecular formula is C16H13IN2O2S. The predicted octanol–water partition coefficient (Wildman–Crippen LogP) is 3.92. The van der Waals surface area contributed by atoms with Gasteiger partial charge in [0.2, 0.25) is 0 Å². The lowest BCUT2D eigenvalue weighted by atomic mass is 10.2. The molecule has 1 atom stereocenters. The summed E-state index contributed by atoms with van der Waals surface area (Å²) in [6.07, 6.45) is 0. The maximum atomic E-state index is 12.5. The monoisotopic (exact) mass is 424 g/mol. The van der Waals surface area contributed by atoms with Gasteiger partial charge in [0.15, 0.2) is 5.37 Å². The van der Waals surface area contributed by atoms with Gasteiger partial charge >= 0.3 is 0 Å². The lowest BCUT2D eigenvalue weighted by molar-refractivity contribution is -0.126. The van der Waals surface area contributed by atoms with Crippen molar-refractivity contribution < 1.29 is 9.59 Å². The summed E-state index contributed by atoms with van der Waals surface area (Å²) in [6.45, 7) is 0.315. The van der Waals surface area contributed by atoms with Crippen molar-refractivity contribution in [2.45, 2.75) is 11.9 Å². The van der Waals surface area contributed by atoms with Crippen LogP contribution in [0.15, 0.2) is 54.6 Å². The molecule has 2 aromatic carbocycles. The van der Waals surface area contributed by atoms with Gasteiger partial charge in [0.25, 0.3) is 11.1 Å². The fraction of sp³-hybridized carbons (Fsp3) is 0.125. The molecule has 1 fully saturated rings. The van der Waals surface area contributed by atoms with Gasteiger partial charge in [-0.2, -0.15) is 0 Å². The van der Waals surface area contributed by atoms with E-state index in [1.54, 1.807) is 0 Å². The average Bonchev–Trinajstić information content (AvgIpc) is 2.78. The number of nitrogens with zero attached hydrogens (tertiary/aromatic N) is 1. The Morgan fingerprint density at radius 2 is 1.73 bits per heavy atom. The van der Waals surface area contributed by atoms with E-state index in [0.29, 0.717) is 6.54 Å². The van der Waals surface area contributed by atoms with Crippen LogP contribution < -0.4 is 5.32 Å². The minimum Gasteiger partial charge on any atom is -0.364 e. The van der Waals surface area contributed by atoms with Crippen LogP contribution >= 0.6 is 34.4 Å². The molecule has 0 bridgehead atoms. The smallest absolute Gasteiger partial charge is 0.291 e. The first-order valence-corrected chi connectivity index (χ1v) is 8.68. The number of carbonyl (C=O) groups excluding carboxylic acids is 2. The second kappa shape index (κ2) is 6.70. The molecule has 3 rings (SSSR count). The number of rotatable bonds is 4. The van der Waals surface area contributed by atoms with Crippen molar-refractivity contribution in [1.29, 1.82) is 0 Å². The SMILES string of the molecule is O=C1SC(Nc2ccccc2I)C(=O)N1Cc1ccccc1. The Hall–Kier alpha value is -1.54. The van der Waals surface area contributed by atoms with Gasteiger partial charge < -0.3 is 5.32 Å². The van der Waals surface area contributed by atoms with Crippen LogP contribution in [0, 0.1) is 3.57 Å². The Morgan fingerprint density at radius 1 is 1.05 bits per heavy atom. The van der Waals surface area contributed by atoms with Crippen LogP contribution in [-0.2, 0) is 11.3 Å². The van der Waals surface area contributed by atoms with Crippen LogP contribution in [0.5, 0.6) is 0 Å². The van der Waals surface area contributed by atoms with Gasteiger partial charge in [0.1, 0.15) is 0 Å². The zero-order chi connectivity index (χ0) is 15.5. The van der Waals surface area contributed by atoms with Crippen LogP contribution in [0.4, 0.5) is 10.5 Å². The number of anilines is 1. The molecule has 22 heavy (non-hydrogen) atoms. The number of imide groups is 1. The third-order valence-corrected chi connectivity index (χ3v) is 5.19. The van der Waals surface area contributed by atoms with Gasteiger partial charge in [-0.25, -0.2) is 0 Å². The van der Waals surface area contributed by atoms with E-state index in [9.17, 15) is 9.59 Å². The van der Waals surface area contributed by atoms with Crippen LogP contribution in [0.25, 0.3) is 0 Å². The zero-order valence-corrected chi connectivity index (χ0v) is 14.5. The van der Waals surface area contributed by atoms with Gasteiger partial charge in [-0.3, -0.25) is 14.5 Å². The molecule has 0 radical (unpaired) electrons. The summed E-state index contributed by atoms with van der Waals surface area (Å²) in [5, 5.41) is 2.37. The standard InChI is InChI=1S/C16H13IN2O2S/c17-12-8-4-5-9-13(12)18-14-15(20)19(16(21)22-14)10-11-6-2-1-3-7-11/h1-9,14,18H,10H2. The lowest BCUT2D eigenvalue weighted by Crippen LogP contribution is -2.34. The van der Waals surface area contributed by atoms with Crippen LogP contribution in [-0.4, -0.2) is 21.4 Å². The number of halogens is 1. The summed E-state index contributed by atoms with van der Waals surface area (Å²) in [7, 11) is 0. The molecule has 0 aliphatic carbocycles. The Morgan fingerprint density at radius 3 is 2.45 bits per heavy atom. The van der Waals surface area contributed by atoms with E-state index in [4.69, 9.17) is 0 Å². The lowest BCUT2D eigenvalue weighted by Gasteiger charge is -2.15. The Bertz CT molecular complexity index is 708. The van der Waals surface area contributed by atoms with Gasteiger partial charge in [-0.05, 0) is 52.0 Å². The maximum Gasteiger partial charge on any atom is 0.291 e. The van der Waals surface area contributed by atoms with E-state index < -0.39 is 5.37 Å². The van der Waals surface area contributed by atoms with E-state index in [0.717, 1.165) is 26.6 Å². The van der Waals surface area contributed by atoms with E-state index in [2.05, 4.69) is 27.9 Å². The minimum atomic E-state index is -0.563. The highest BCUT2D eigenvalue weighted by molar-refractivity contribution is 14.1. The van der Waals surface area contributed by atoms with Crippen LogP contribution in [0.2, 0.25) is 0 Å². The van der Waals surface area contributed by atoms with Gasteiger partial charge in [-0.1, -0.05) is 42.5 Å². The molecule has 0 spiro atoms. The molecule has 1 heterocycles. The van der Waals surface area contributed by atoms with Crippen molar-refractivity contribution in [1.82, 2.24) is 4.90 Å².